The molecule has 44 heavy (non-hydrogen) atoms. The van der Waals surface area contributed by atoms with E-state index in [2.05, 4.69) is 13.8 Å². The van der Waals surface area contributed by atoms with Gasteiger partial charge < -0.3 is 14.2 Å². The molecule has 3 rings (SSSR count). The van der Waals surface area contributed by atoms with E-state index in [9.17, 15) is 4.79 Å². The van der Waals surface area contributed by atoms with Crippen molar-refractivity contribution in [1.82, 2.24) is 0 Å². The number of carbonyl (C=O) groups excluding carboxylic acids is 1. The first-order valence-corrected chi connectivity index (χ1v) is 18.3. The van der Waals surface area contributed by atoms with Crippen LogP contribution in [0.5, 0.6) is 17.2 Å². The molecule has 0 bridgehead atoms. The van der Waals surface area contributed by atoms with E-state index in [1.54, 1.807) is 30.3 Å². The molecule has 4 nitrogen and oxygen atoms in total. The number of halogens is 1. The first-order valence-electron chi connectivity index (χ1n) is 18.0. The second-order valence-electron chi connectivity index (χ2n) is 12.9. The number of unbranched alkanes of at least 4 members (excludes halogenated alkanes) is 11. The molecule has 1 aliphatic carbocycles. The number of hydrogen-bond donors (Lipinski definition) is 0. The normalized spacial score (nSPS) is 16.5. The maximum Gasteiger partial charge on any atom is 0.343 e. The average Bonchev–Trinajstić information content (AvgIpc) is 3.04. The second-order valence-corrected chi connectivity index (χ2v) is 13.3. The van der Waals surface area contributed by atoms with Crippen LogP contribution < -0.4 is 14.2 Å². The van der Waals surface area contributed by atoms with Gasteiger partial charge >= 0.3 is 5.97 Å². The first kappa shape index (κ1) is 36.3. The zero-order chi connectivity index (χ0) is 31.2. The van der Waals surface area contributed by atoms with Crippen molar-refractivity contribution in [1.29, 1.82) is 0 Å². The van der Waals surface area contributed by atoms with Crippen molar-refractivity contribution in [3.05, 3.63) is 53.1 Å². The third-order valence-corrected chi connectivity index (χ3v) is 9.46. The van der Waals surface area contributed by atoms with Crippen LogP contribution in [-0.4, -0.2) is 19.2 Å². The lowest BCUT2D eigenvalue weighted by molar-refractivity contribution is 0.0734. The van der Waals surface area contributed by atoms with Crippen molar-refractivity contribution < 1.29 is 19.0 Å². The van der Waals surface area contributed by atoms with Gasteiger partial charge in [-0.15, -0.1) is 0 Å². The summed E-state index contributed by atoms with van der Waals surface area (Å²) in [7, 11) is 0. The number of ether oxygens (including phenoxy) is 3. The highest BCUT2D eigenvalue weighted by Gasteiger charge is 2.20. The molecule has 0 spiro atoms. The van der Waals surface area contributed by atoms with Crippen LogP contribution in [0.1, 0.15) is 153 Å². The number of hydrogen-bond acceptors (Lipinski definition) is 4. The summed E-state index contributed by atoms with van der Waals surface area (Å²) in [6.07, 6.45) is 26.4. The van der Waals surface area contributed by atoms with Crippen LogP contribution in [0.2, 0.25) is 5.02 Å². The molecule has 0 aliphatic heterocycles. The molecule has 0 N–H and O–H groups in total. The molecule has 0 unspecified atom stereocenters. The van der Waals surface area contributed by atoms with Crippen LogP contribution in [0, 0.1) is 11.8 Å². The summed E-state index contributed by atoms with van der Waals surface area (Å²) in [4.78, 5) is 12.7. The Kier molecular flexibility index (Phi) is 18.4. The Labute approximate surface area is 273 Å². The molecule has 0 saturated heterocycles. The minimum atomic E-state index is -0.443. The van der Waals surface area contributed by atoms with Gasteiger partial charge in [0.05, 0.1) is 23.8 Å². The van der Waals surface area contributed by atoms with Crippen molar-refractivity contribution in [3.63, 3.8) is 0 Å². The Morgan fingerprint density at radius 2 is 1.16 bits per heavy atom. The minimum absolute atomic E-state index is 0.400. The van der Waals surface area contributed by atoms with Crippen LogP contribution in [0.25, 0.3) is 0 Å². The molecule has 0 aromatic heterocycles. The smallest absolute Gasteiger partial charge is 0.343 e. The molecule has 1 fully saturated rings. The predicted molar refractivity (Wildman–Crippen MR) is 185 cm³/mol. The number of esters is 1. The largest absolute Gasteiger partial charge is 0.494 e. The number of benzene rings is 2. The lowest BCUT2D eigenvalue weighted by Crippen LogP contribution is -2.15. The molecule has 0 radical (unpaired) electrons. The van der Waals surface area contributed by atoms with E-state index in [-0.39, 0.29) is 0 Å². The SMILES string of the molecule is CCCCCCCCCCCCOc1ccc(C(=O)Oc2ccc(OCCCC3CCC(CCCCC)CC3)cc2)cc1Cl. The van der Waals surface area contributed by atoms with Crippen molar-refractivity contribution in [2.45, 2.75) is 142 Å². The molecule has 0 amide bonds. The van der Waals surface area contributed by atoms with Crippen LogP contribution in [0.15, 0.2) is 42.5 Å². The first-order chi connectivity index (χ1) is 21.6. The highest BCUT2D eigenvalue weighted by Crippen LogP contribution is 2.34. The standard InChI is InChI=1S/C39H59ClO4/c1-3-5-7-8-9-10-11-12-13-15-29-43-38-28-23-34(31-37(38)40)39(41)44-36-26-24-35(25-27-36)42-30-16-18-33-21-19-32(20-22-33)17-14-6-4-2/h23-28,31-33H,3-22,29-30H2,1-2H3. The van der Waals surface area contributed by atoms with Crippen molar-refractivity contribution in [3.8, 4) is 17.2 Å². The fourth-order valence-corrected chi connectivity index (χ4v) is 6.58. The zero-order valence-corrected chi connectivity index (χ0v) is 28.5. The van der Waals surface area contributed by atoms with Crippen LogP contribution in [0.3, 0.4) is 0 Å². The summed E-state index contributed by atoms with van der Waals surface area (Å²) in [5.41, 5.74) is 0.400. The maximum atomic E-state index is 12.7. The van der Waals surface area contributed by atoms with Gasteiger partial charge in [-0.05, 0) is 73.6 Å². The van der Waals surface area contributed by atoms with Gasteiger partial charge in [0.15, 0.2) is 0 Å². The fourth-order valence-electron chi connectivity index (χ4n) is 6.34. The Hall–Kier alpha value is -2.20. The van der Waals surface area contributed by atoms with Gasteiger partial charge in [-0.1, -0.05) is 135 Å². The van der Waals surface area contributed by atoms with E-state index in [0.717, 1.165) is 37.0 Å². The third-order valence-electron chi connectivity index (χ3n) is 9.17. The Morgan fingerprint density at radius 3 is 1.77 bits per heavy atom. The lowest BCUT2D eigenvalue weighted by atomic mass is 9.78. The topological polar surface area (TPSA) is 44.8 Å². The maximum absolute atomic E-state index is 12.7. The molecule has 0 atom stereocenters. The number of carbonyl (C=O) groups is 1. The van der Waals surface area contributed by atoms with Gasteiger partial charge in [0, 0.05) is 0 Å². The molecule has 1 aliphatic rings. The van der Waals surface area contributed by atoms with E-state index < -0.39 is 5.97 Å². The quantitative estimate of drug-likeness (QED) is 0.0699. The van der Waals surface area contributed by atoms with Gasteiger partial charge in [-0.25, -0.2) is 4.79 Å². The molecule has 1 saturated carbocycles. The van der Waals surface area contributed by atoms with E-state index in [0.29, 0.717) is 28.7 Å². The lowest BCUT2D eigenvalue weighted by Gasteiger charge is -2.28. The summed E-state index contributed by atoms with van der Waals surface area (Å²) in [6, 6.07) is 12.4. The number of rotatable bonds is 23. The van der Waals surface area contributed by atoms with Gasteiger partial charge in [0.2, 0.25) is 0 Å². The van der Waals surface area contributed by atoms with Gasteiger partial charge in [0.1, 0.15) is 17.2 Å². The highest BCUT2D eigenvalue weighted by atomic mass is 35.5. The molecular weight excluding hydrogens is 568 g/mol. The van der Waals surface area contributed by atoms with E-state index in [4.69, 9.17) is 25.8 Å². The van der Waals surface area contributed by atoms with E-state index in [1.165, 1.54) is 116 Å². The molecule has 246 valence electrons. The van der Waals surface area contributed by atoms with Gasteiger partial charge in [0.25, 0.3) is 0 Å². The molecule has 2 aromatic rings. The second kappa shape index (κ2) is 22.3. The zero-order valence-electron chi connectivity index (χ0n) is 27.8. The Balaban J connectivity index is 1.26. The summed E-state index contributed by atoms with van der Waals surface area (Å²) in [6.45, 7) is 5.90. The summed E-state index contributed by atoms with van der Waals surface area (Å²) >= 11 is 6.42. The predicted octanol–water partition coefficient (Wildman–Crippen LogP) is 12.4. The van der Waals surface area contributed by atoms with E-state index >= 15 is 0 Å². The summed E-state index contributed by atoms with van der Waals surface area (Å²) in [5, 5.41) is 0.426. The minimum Gasteiger partial charge on any atom is -0.494 e. The Morgan fingerprint density at radius 1 is 0.636 bits per heavy atom. The monoisotopic (exact) mass is 626 g/mol. The fraction of sp³-hybridized carbons (Fsp3) is 0.667. The Bertz CT molecular complexity index is 1030. The van der Waals surface area contributed by atoms with Gasteiger partial charge in [-0.2, -0.15) is 0 Å². The van der Waals surface area contributed by atoms with Crippen molar-refractivity contribution in [2.24, 2.45) is 11.8 Å². The average molecular weight is 627 g/mol. The van der Waals surface area contributed by atoms with E-state index in [1.807, 2.05) is 12.1 Å². The van der Waals surface area contributed by atoms with Crippen molar-refractivity contribution in [2.75, 3.05) is 13.2 Å². The summed E-state index contributed by atoms with van der Waals surface area (Å²) in [5.74, 6) is 3.28. The van der Waals surface area contributed by atoms with Crippen molar-refractivity contribution >= 4 is 17.6 Å². The van der Waals surface area contributed by atoms with Crippen LogP contribution in [-0.2, 0) is 0 Å². The molecule has 2 aromatic carbocycles. The third kappa shape index (κ3) is 14.7. The van der Waals surface area contributed by atoms with Crippen LogP contribution in [0.4, 0.5) is 0 Å². The molecule has 5 heteroatoms. The molecular formula is C39H59ClO4. The summed E-state index contributed by atoms with van der Waals surface area (Å²) < 4.78 is 17.4. The molecule has 0 heterocycles. The highest BCUT2D eigenvalue weighted by molar-refractivity contribution is 6.32. The van der Waals surface area contributed by atoms with Crippen LogP contribution >= 0.6 is 11.6 Å². The van der Waals surface area contributed by atoms with Gasteiger partial charge in [-0.3, -0.25) is 0 Å².